The van der Waals surface area contributed by atoms with Gasteiger partial charge in [-0.2, -0.15) is 0 Å². The van der Waals surface area contributed by atoms with Crippen molar-refractivity contribution in [2.24, 2.45) is 5.92 Å². The van der Waals surface area contributed by atoms with Crippen molar-refractivity contribution < 1.29 is 9.90 Å². The number of fused-ring (bicyclic) bond motifs is 1. The molecule has 0 saturated carbocycles. The number of benzene rings is 1. The second kappa shape index (κ2) is 6.07. The van der Waals surface area contributed by atoms with Gasteiger partial charge in [0.15, 0.2) is 0 Å². The summed E-state index contributed by atoms with van der Waals surface area (Å²) in [6.07, 6.45) is 3.06. The molecule has 1 heterocycles. The largest absolute Gasteiger partial charge is 0.478 e. The zero-order chi connectivity index (χ0) is 14.7. The van der Waals surface area contributed by atoms with E-state index in [-0.39, 0.29) is 0 Å². The number of hydrogen-bond acceptors (Lipinski definition) is 2. The molecule has 0 atom stereocenters. The fourth-order valence-corrected chi connectivity index (χ4v) is 2.36. The van der Waals surface area contributed by atoms with E-state index in [1.54, 1.807) is 12.1 Å². The van der Waals surface area contributed by atoms with E-state index in [0.717, 1.165) is 42.7 Å². The molecule has 4 heteroatoms. The van der Waals surface area contributed by atoms with Crippen molar-refractivity contribution in [2.45, 2.75) is 46.6 Å². The summed E-state index contributed by atoms with van der Waals surface area (Å²) < 4.78 is 2.24. The molecule has 0 aliphatic rings. The molecule has 0 saturated heterocycles. The highest BCUT2D eigenvalue weighted by Crippen LogP contribution is 2.20. The number of aromatic carboxylic acids is 1. The molecule has 20 heavy (non-hydrogen) atoms. The molecule has 1 N–H and O–H groups in total. The smallest absolute Gasteiger partial charge is 0.335 e. The van der Waals surface area contributed by atoms with Crippen LogP contribution in [0.1, 0.15) is 49.8 Å². The average molecular weight is 274 g/mol. The second-order valence-corrected chi connectivity index (χ2v) is 5.62. The Morgan fingerprint density at radius 2 is 2.15 bits per heavy atom. The molecular weight excluding hydrogens is 252 g/mol. The Balaban J connectivity index is 2.45. The van der Waals surface area contributed by atoms with Crippen LogP contribution >= 0.6 is 0 Å². The van der Waals surface area contributed by atoms with E-state index < -0.39 is 5.97 Å². The lowest BCUT2D eigenvalue weighted by Crippen LogP contribution is -2.06. The molecule has 1 aromatic carbocycles. The van der Waals surface area contributed by atoms with Gasteiger partial charge in [-0.1, -0.05) is 20.8 Å². The number of hydrogen-bond donors (Lipinski definition) is 1. The van der Waals surface area contributed by atoms with Crippen LogP contribution in [0.4, 0.5) is 0 Å². The number of carbonyl (C=O) groups is 1. The second-order valence-electron chi connectivity index (χ2n) is 5.62. The highest BCUT2D eigenvalue weighted by Gasteiger charge is 2.12. The van der Waals surface area contributed by atoms with Crippen molar-refractivity contribution in [3.8, 4) is 0 Å². The maximum absolute atomic E-state index is 11.0. The Hall–Kier alpha value is -1.84. The molecule has 108 valence electrons. The van der Waals surface area contributed by atoms with Crippen LogP contribution in [0.25, 0.3) is 11.0 Å². The Morgan fingerprint density at radius 1 is 1.40 bits per heavy atom. The Bertz CT molecular complexity index is 614. The maximum Gasteiger partial charge on any atom is 0.335 e. The van der Waals surface area contributed by atoms with Gasteiger partial charge in [-0.05, 0) is 37.0 Å². The molecule has 0 bridgehead atoms. The van der Waals surface area contributed by atoms with Gasteiger partial charge in [-0.25, -0.2) is 9.78 Å². The van der Waals surface area contributed by atoms with Gasteiger partial charge in [0.2, 0.25) is 0 Å². The van der Waals surface area contributed by atoms with E-state index in [2.05, 4.69) is 30.3 Å². The van der Waals surface area contributed by atoms with Crippen LogP contribution in [0, 0.1) is 5.92 Å². The summed E-state index contributed by atoms with van der Waals surface area (Å²) in [4.78, 5) is 15.7. The molecule has 2 rings (SSSR count). The van der Waals surface area contributed by atoms with Crippen molar-refractivity contribution >= 4 is 17.0 Å². The van der Waals surface area contributed by atoms with E-state index in [0.29, 0.717) is 11.5 Å². The predicted molar refractivity (Wildman–Crippen MR) is 80.1 cm³/mol. The standard InChI is InChI=1S/C16H22N2O2/c1-4-5-15-17-13-10-12(16(19)20)6-7-14(13)18(15)9-8-11(2)3/h6-7,10-11H,4-5,8-9H2,1-3H3,(H,19,20). The Labute approximate surface area is 119 Å². The van der Waals surface area contributed by atoms with Gasteiger partial charge in [0.1, 0.15) is 5.82 Å². The SMILES string of the molecule is CCCc1nc2cc(C(=O)O)ccc2n1CCC(C)C. The van der Waals surface area contributed by atoms with Crippen LogP contribution in [0.15, 0.2) is 18.2 Å². The van der Waals surface area contributed by atoms with Crippen molar-refractivity contribution in [1.29, 1.82) is 0 Å². The zero-order valence-corrected chi connectivity index (χ0v) is 12.4. The number of nitrogens with zero attached hydrogens (tertiary/aromatic N) is 2. The quantitative estimate of drug-likeness (QED) is 0.873. The molecule has 0 amide bonds. The number of aromatic nitrogens is 2. The molecule has 0 aliphatic heterocycles. The summed E-state index contributed by atoms with van der Waals surface area (Å²) in [7, 11) is 0. The van der Waals surface area contributed by atoms with Crippen LogP contribution in [0.2, 0.25) is 0 Å². The summed E-state index contributed by atoms with van der Waals surface area (Å²) in [6, 6.07) is 5.21. The van der Waals surface area contributed by atoms with Crippen molar-refractivity contribution in [3.05, 3.63) is 29.6 Å². The number of carboxylic acids is 1. The highest BCUT2D eigenvalue weighted by molar-refractivity contribution is 5.92. The van der Waals surface area contributed by atoms with Gasteiger partial charge in [-0.15, -0.1) is 0 Å². The maximum atomic E-state index is 11.0. The third kappa shape index (κ3) is 3.00. The number of carboxylic acid groups (broad SMARTS) is 1. The third-order valence-electron chi connectivity index (χ3n) is 3.48. The molecule has 0 radical (unpaired) electrons. The summed E-state index contributed by atoms with van der Waals surface area (Å²) in [5.41, 5.74) is 2.13. The first kappa shape index (κ1) is 14.6. The summed E-state index contributed by atoms with van der Waals surface area (Å²) >= 11 is 0. The van der Waals surface area contributed by atoms with Crippen molar-refractivity contribution in [3.63, 3.8) is 0 Å². The lowest BCUT2D eigenvalue weighted by atomic mass is 10.1. The van der Waals surface area contributed by atoms with E-state index in [1.807, 2.05) is 6.07 Å². The molecule has 4 nitrogen and oxygen atoms in total. The molecule has 1 aromatic heterocycles. The molecule has 0 fully saturated rings. The normalized spacial score (nSPS) is 11.4. The van der Waals surface area contributed by atoms with Gasteiger partial charge in [0.05, 0.1) is 16.6 Å². The van der Waals surface area contributed by atoms with Gasteiger partial charge in [0.25, 0.3) is 0 Å². The number of imidazole rings is 1. The van der Waals surface area contributed by atoms with Gasteiger partial charge in [-0.3, -0.25) is 0 Å². The van der Waals surface area contributed by atoms with Crippen molar-refractivity contribution in [2.75, 3.05) is 0 Å². The molecule has 2 aromatic rings. The minimum absolute atomic E-state index is 0.300. The van der Waals surface area contributed by atoms with Crippen molar-refractivity contribution in [1.82, 2.24) is 9.55 Å². The molecular formula is C16H22N2O2. The minimum atomic E-state index is -0.902. The van der Waals surface area contributed by atoms with E-state index in [4.69, 9.17) is 5.11 Å². The van der Waals surface area contributed by atoms with Gasteiger partial charge in [0, 0.05) is 13.0 Å². The zero-order valence-electron chi connectivity index (χ0n) is 12.4. The first-order chi connectivity index (χ1) is 9.52. The first-order valence-electron chi connectivity index (χ1n) is 7.25. The van der Waals surface area contributed by atoms with E-state index >= 15 is 0 Å². The van der Waals surface area contributed by atoms with Crippen LogP contribution in [0.3, 0.4) is 0 Å². The summed E-state index contributed by atoms with van der Waals surface area (Å²) in [5, 5.41) is 9.07. The van der Waals surface area contributed by atoms with Crippen LogP contribution < -0.4 is 0 Å². The minimum Gasteiger partial charge on any atom is -0.478 e. The Kier molecular flexibility index (Phi) is 4.42. The van der Waals surface area contributed by atoms with Crippen LogP contribution in [0.5, 0.6) is 0 Å². The average Bonchev–Trinajstić information content (AvgIpc) is 2.73. The highest BCUT2D eigenvalue weighted by atomic mass is 16.4. The van der Waals surface area contributed by atoms with Crippen LogP contribution in [-0.2, 0) is 13.0 Å². The third-order valence-corrected chi connectivity index (χ3v) is 3.48. The fraction of sp³-hybridized carbons (Fsp3) is 0.500. The first-order valence-corrected chi connectivity index (χ1v) is 7.25. The molecule has 0 aliphatic carbocycles. The number of aryl methyl sites for hydroxylation is 2. The predicted octanol–water partition coefficient (Wildman–Crippen LogP) is 3.73. The van der Waals surface area contributed by atoms with E-state index in [1.165, 1.54) is 0 Å². The fourth-order valence-electron chi connectivity index (χ4n) is 2.36. The lowest BCUT2D eigenvalue weighted by Gasteiger charge is -2.10. The summed E-state index contributed by atoms with van der Waals surface area (Å²) in [5.74, 6) is 0.798. The Morgan fingerprint density at radius 3 is 2.75 bits per heavy atom. The number of rotatable bonds is 6. The van der Waals surface area contributed by atoms with Crippen LogP contribution in [-0.4, -0.2) is 20.6 Å². The summed E-state index contributed by atoms with van der Waals surface area (Å²) in [6.45, 7) is 7.49. The monoisotopic (exact) mass is 274 g/mol. The van der Waals surface area contributed by atoms with E-state index in [9.17, 15) is 4.79 Å². The molecule has 0 unspecified atom stereocenters. The lowest BCUT2D eigenvalue weighted by molar-refractivity contribution is 0.0697. The topological polar surface area (TPSA) is 55.1 Å². The molecule has 0 spiro atoms. The van der Waals surface area contributed by atoms with Gasteiger partial charge < -0.3 is 9.67 Å². The van der Waals surface area contributed by atoms with Gasteiger partial charge >= 0.3 is 5.97 Å².